The minimum absolute atomic E-state index is 0.0931. The number of aryl methyl sites for hydroxylation is 1. The van der Waals surface area contributed by atoms with Crippen LogP contribution >= 0.6 is 11.3 Å². The molecule has 1 heterocycles. The number of hydrogen-bond acceptors (Lipinski definition) is 3. The number of anilines is 1. The van der Waals surface area contributed by atoms with Gasteiger partial charge in [-0.1, -0.05) is 25.1 Å². The van der Waals surface area contributed by atoms with E-state index in [0.29, 0.717) is 5.96 Å². The highest BCUT2D eigenvalue weighted by Gasteiger charge is 2.05. The minimum Gasteiger partial charge on any atom is -0.356 e. The lowest BCUT2D eigenvalue weighted by molar-refractivity contribution is -0.115. The maximum Gasteiger partial charge on any atom is 0.243 e. The van der Waals surface area contributed by atoms with E-state index in [1.165, 1.54) is 10.4 Å². The van der Waals surface area contributed by atoms with Crippen LogP contribution in [0.1, 0.15) is 17.4 Å². The van der Waals surface area contributed by atoms with E-state index in [0.717, 1.165) is 25.1 Å². The van der Waals surface area contributed by atoms with E-state index < -0.39 is 0 Å². The molecular weight excluding hydrogens is 320 g/mol. The third kappa shape index (κ3) is 6.04. The zero-order chi connectivity index (χ0) is 17.2. The molecule has 1 aromatic carbocycles. The van der Waals surface area contributed by atoms with Crippen LogP contribution in [0.5, 0.6) is 0 Å². The molecule has 0 bridgehead atoms. The number of benzene rings is 1. The van der Waals surface area contributed by atoms with Gasteiger partial charge in [0.15, 0.2) is 5.96 Å². The number of carbonyl (C=O) groups excluding carboxylic acids is 1. The van der Waals surface area contributed by atoms with Crippen molar-refractivity contribution in [3.63, 3.8) is 0 Å². The van der Waals surface area contributed by atoms with Crippen LogP contribution in [0.4, 0.5) is 5.69 Å². The average molecular weight is 344 g/mol. The Balaban J connectivity index is 1.72. The molecule has 0 unspecified atom stereocenters. The summed E-state index contributed by atoms with van der Waals surface area (Å²) in [4.78, 5) is 17.5. The van der Waals surface area contributed by atoms with Gasteiger partial charge in [-0.2, -0.15) is 0 Å². The van der Waals surface area contributed by atoms with Gasteiger partial charge in [0, 0.05) is 24.2 Å². The Bertz CT molecular complexity index is 667. The molecule has 0 saturated heterocycles. The second-order valence-corrected chi connectivity index (χ2v) is 6.32. The largest absolute Gasteiger partial charge is 0.356 e. The first-order chi connectivity index (χ1) is 11.7. The quantitative estimate of drug-likeness (QED) is 0.534. The molecule has 0 spiro atoms. The number of nitrogens with zero attached hydrogens (tertiary/aromatic N) is 1. The summed E-state index contributed by atoms with van der Waals surface area (Å²) >= 11 is 1.74. The van der Waals surface area contributed by atoms with E-state index in [-0.39, 0.29) is 12.5 Å². The fourth-order valence-electron chi connectivity index (χ4n) is 2.22. The van der Waals surface area contributed by atoms with E-state index >= 15 is 0 Å². The van der Waals surface area contributed by atoms with E-state index in [9.17, 15) is 4.79 Å². The van der Waals surface area contributed by atoms with Crippen molar-refractivity contribution in [1.29, 1.82) is 0 Å². The molecule has 1 aromatic heterocycles. The van der Waals surface area contributed by atoms with Gasteiger partial charge >= 0.3 is 0 Å². The van der Waals surface area contributed by atoms with Crippen molar-refractivity contribution in [2.24, 2.45) is 4.99 Å². The van der Waals surface area contributed by atoms with Crippen LogP contribution in [-0.2, 0) is 17.6 Å². The second kappa shape index (κ2) is 9.72. The summed E-state index contributed by atoms with van der Waals surface area (Å²) < 4.78 is 0. The normalized spacial score (nSPS) is 11.2. The smallest absolute Gasteiger partial charge is 0.243 e. The first-order valence-electron chi connectivity index (χ1n) is 8.07. The highest BCUT2D eigenvalue weighted by Crippen LogP contribution is 2.10. The molecule has 2 rings (SSSR count). The third-order valence-corrected chi connectivity index (χ3v) is 4.44. The van der Waals surface area contributed by atoms with E-state index in [4.69, 9.17) is 0 Å². The van der Waals surface area contributed by atoms with Gasteiger partial charge in [-0.15, -0.1) is 11.3 Å². The lowest BCUT2D eigenvalue weighted by Crippen LogP contribution is -2.42. The van der Waals surface area contributed by atoms with Crippen molar-refractivity contribution in [3.8, 4) is 0 Å². The second-order valence-electron chi connectivity index (χ2n) is 5.28. The Hall–Kier alpha value is -2.34. The molecule has 3 N–H and O–H groups in total. The van der Waals surface area contributed by atoms with Gasteiger partial charge in [0.05, 0.1) is 6.54 Å². The SMILES string of the molecule is CCc1cccc(NC(=O)CNC(=NC)NCCc2cccs2)c1. The van der Waals surface area contributed by atoms with Crippen LogP contribution in [-0.4, -0.2) is 32.0 Å². The van der Waals surface area contributed by atoms with Crippen LogP contribution in [0, 0.1) is 0 Å². The standard InChI is InChI=1S/C18H24N4OS/c1-3-14-6-4-7-15(12-14)22-17(23)13-21-18(19-2)20-10-9-16-8-5-11-24-16/h4-8,11-12H,3,9-10,13H2,1-2H3,(H,22,23)(H2,19,20,21). The molecule has 24 heavy (non-hydrogen) atoms. The molecule has 0 aliphatic heterocycles. The van der Waals surface area contributed by atoms with Crippen molar-refractivity contribution < 1.29 is 4.79 Å². The molecule has 2 aromatic rings. The van der Waals surface area contributed by atoms with Crippen LogP contribution < -0.4 is 16.0 Å². The summed E-state index contributed by atoms with van der Waals surface area (Å²) in [6.07, 6.45) is 1.89. The van der Waals surface area contributed by atoms with Gasteiger partial charge in [-0.05, 0) is 42.0 Å². The van der Waals surface area contributed by atoms with Crippen LogP contribution in [0.25, 0.3) is 0 Å². The Labute approximate surface area is 147 Å². The van der Waals surface area contributed by atoms with Crippen molar-refractivity contribution in [3.05, 3.63) is 52.2 Å². The van der Waals surface area contributed by atoms with Crippen molar-refractivity contribution in [2.75, 3.05) is 25.5 Å². The van der Waals surface area contributed by atoms with E-state index in [2.05, 4.69) is 39.3 Å². The molecule has 0 radical (unpaired) electrons. The van der Waals surface area contributed by atoms with Gasteiger partial charge < -0.3 is 16.0 Å². The number of rotatable bonds is 7. The predicted molar refractivity (Wildman–Crippen MR) is 102 cm³/mol. The maximum absolute atomic E-state index is 12.0. The van der Waals surface area contributed by atoms with Crippen LogP contribution in [0.3, 0.4) is 0 Å². The molecule has 1 amide bonds. The molecule has 0 fully saturated rings. The molecule has 0 atom stereocenters. The number of thiophene rings is 1. The summed E-state index contributed by atoms with van der Waals surface area (Å²) in [5.74, 6) is 0.536. The van der Waals surface area contributed by atoms with Gasteiger partial charge in [-0.3, -0.25) is 9.79 Å². The Morgan fingerprint density at radius 2 is 2.08 bits per heavy atom. The highest BCUT2D eigenvalue weighted by atomic mass is 32.1. The fraction of sp³-hybridized carbons (Fsp3) is 0.333. The van der Waals surface area contributed by atoms with Crippen LogP contribution in [0.2, 0.25) is 0 Å². The van der Waals surface area contributed by atoms with Gasteiger partial charge in [0.1, 0.15) is 0 Å². The number of guanidine groups is 1. The number of aliphatic imine (C=N–C) groups is 1. The molecule has 128 valence electrons. The van der Waals surface area contributed by atoms with Crippen molar-refractivity contribution in [1.82, 2.24) is 10.6 Å². The third-order valence-electron chi connectivity index (χ3n) is 3.50. The summed E-state index contributed by atoms with van der Waals surface area (Å²) in [6.45, 7) is 3.05. The number of amides is 1. The van der Waals surface area contributed by atoms with E-state index in [1.54, 1.807) is 18.4 Å². The Kier molecular flexibility index (Phi) is 7.29. The number of carbonyl (C=O) groups is 1. The fourth-order valence-corrected chi connectivity index (χ4v) is 2.93. The highest BCUT2D eigenvalue weighted by molar-refractivity contribution is 7.09. The zero-order valence-corrected chi connectivity index (χ0v) is 15.0. The molecule has 0 aliphatic rings. The first-order valence-corrected chi connectivity index (χ1v) is 8.95. The molecule has 5 nitrogen and oxygen atoms in total. The van der Waals surface area contributed by atoms with E-state index in [1.807, 2.05) is 30.3 Å². The minimum atomic E-state index is -0.0931. The van der Waals surface area contributed by atoms with Crippen molar-refractivity contribution in [2.45, 2.75) is 19.8 Å². The summed E-state index contributed by atoms with van der Waals surface area (Å²) in [6, 6.07) is 12.0. The lowest BCUT2D eigenvalue weighted by atomic mass is 10.1. The van der Waals surface area contributed by atoms with Crippen molar-refractivity contribution >= 4 is 28.9 Å². The first kappa shape index (κ1) is 18.0. The van der Waals surface area contributed by atoms with Gasteiger partial charge in [0.2, 0.25) is 5.91 Å². The monoisotopic (exact) mass is 344 g/mol. The number of nitrogens with one attached hydrogen (secondary N) is 3. The van der Waals surface area contributed by atoms with Gasteiger partial charge in [0.25, 0.3) is 0 Å². The summed E-state index contributed by atoms with van der Waals surface area (Å²) in [7, 11) is 1.70. The summed E-state index contributed by atoms with van der Waals surface area (Å²) in [5, 5.41) is 11.2. The van der Waals surface area contributed by atoms with Gasteiger partial charge in [-0.25, -0.2) is 0 Å². The molecule has 0 saturated carbocycles. The van der Waals surface area contributed by atoms with Crippen LogP contribution in [0.15, 0.2) is 46.8 Å². The predicted octanol–water partition coefficient (Wildman–Crippen LogP) is 2.66. The molecular formula is C18H24N4OS. The maximum atomic E-state index is 12.0. The lowest BCUT2D eigenvalue weighted by Gasteiger charge is -2.12. The number of hydrogen-bond donors (Lipinski definition) is 3. The summed E-state index contributed by atoms with van der Waals surface area (Å²) in [5.41, 5.74) is 2.02. The molecule has 0 aliphatic carbocycles. The Morgan fingerprint density at radius 3 is 2.79 bits per heavy atom. The topological polar surface area (TPSA) is 65.5 Å². The average Bonchev–Trinajstić information content (AvgIpc) is 3.11. The zero-order valence-electron chi connectivity index (χ0n) is 14.1. The molecule has 6 heteroatoms. The Morgan fingerprint density at radius 1 is 1.21 bits per heavy atom.